The topological polar surface area (TPSA) is 63.6 Å². The van der Waals surface area contributed by atoms with Crippen LogP contribution in [0.5, 0.6) is 0 Å². The molecule has 146 valence electrons. The number of ether oxygens (including phenoxy) is 2. The van der Waals surface area contributed by atoms with Crippen molar-refractivity contribution in [3.63, 3.8) is 0 Å². The highest BCUT2D eigenvalue weighted by Crippen LogP contribution is 2.30. The van der Waals surface area contributed by atoms with Gasteiger partial charge in [0, 0.05) is 36.8 Å². The predicted molar refractivity (Wildman–Crippen MR) is 109 cm³/mol. The molecule has 0 aliphatic carbocycles. The van der Waals surface area contributed by atoms with Crippen molar-refractivity contribution in [3.05, 3.63) is 16.7 Å². The minimum Gasteiger partial charge on any atom is -0.372 e. The van der Waals surface area contributed by atoms with Crippen molar-refractivity contribution in [3.8, 4) is 0 Å². The minimum atomic E-state index is 0.151. The van der Waals surface area contributed by atoms with Gasteiger partial charge in [0.25, 0.3) is 0 Å². The number of hydrogen-bond donors (Lipinski definition) is 0. The summed E-state index contributed by atoms with van der Waals surface area (Å²) in [5.41, 5.74) is 0.719. The largest absolute Gasteiger partial charge is 0.372 e. The molecule has 8 heteroatoms. The van der Waals surface area contributed by atoms with Crippen LogP contribution >= 0.6 is 15.9 Å². The number of hydrogen-bond acceptors (Lipinski definition) is 7. The maximum Gasteiger partial charge on any atom is 0.229 e. The van der Waals surface area contributed by atoms with Crippen LogP contribution in [0.25, 0.3) is 11.0 Å². The summed E-state index contributed by atoms with van der Waals surface area (Å²) in [6, 6.07) is 2.05. The number of fused-ring (bicyclic) bond motifs is 1. The van der Waals surface area contributed by atoms with Gasteiger partial charge >= 0.3 is 0 Å². The van der Waals surface area contributed by atoms with E-state index >= 15 is 0 Å². The Kier molecular flexibility index (Phi) is 5.22. The van der Waals surface area contributed by atoms with E-state index in [4.69, 9.17) is 19.4 Å². The lowest BCUT2D eigenvalue weighted by molar-refractivity contribution is -0.00594. The fourth-order valence-electron chi connectivity index (χ4n) is 4.03. The second kappa shape index (κ2) is 7.48. The molecule has 2 aromatic heterocycles. The van der Waals surface area contributed by atoms with Gasteiger partial charge in [0.2, 0.25) is 5.95 Å². The molecular formula is C19H26BrN5O2. The molecular weight excluding hydrogens is 410 g/mol. The quantitative estimate of drug-likeness (QED) is 0.717. The third kappa shape index (κ3) is 4.02. The molecule has 0 N–H and O–H groups in total. The Labute approximate surface area is 168 Å². The summed E-state index contributed by atoms with van der Waals surface area (Å²) in [6.45, 7) is 11.6. The van der Waals surface area contributed by atoms with Gasteiger partial charge in [-0.2, -0.15) is 9.97 Å². The van der Waals surface area contributed by atoms with Crippen LogP contribution in [0.4, 0.5) is 11.8 Å². The van der Waals surface area contributed by atoms with Crippen molar-refractivity contribution in [2.24, 2.45) is 0 Å². The number of halogens is 1. The Bertz CT molecular complexity index is 815. The van der Waals surface area contributed by atoms with Gasteiger partial charge in [-0.25, -0.2) is 4.98 Å². The van der Waals surface area contributed by atoms with E-state index in [1.165, 1.54) is 0 Å². The standard InChI is InChI=1S/C19H26BrN5O2/c1-11-7-24(8-12(2)26-11)18-16-5-15(20)6-21-17(16)22-19(23-18)25-9-13(3)27-14(4)10-25/h5-6,11-14H,7-10H2,1-4H3/t11-,12+,13-,14+. The van der Waals surface area contributed by atoms with Crippen LogP contribution in [-0.4, -0.2) is 65.5 Å². The number of anilines is 2. The Hall–Kier alpha value is -1.51. The van der Waals surface area contributed by atoms with E-state index in [2.05, 4.69) is 64.5 Å². The number of pyridine rings is 1. The molecule has 4 atom stereocenters. The van der Waals surface area contributed by atoms with Crippen molar-refractivity contribution in [1.82, 2.24) is 15.0 Å². The monoisotopic (exact) mass is 435 g/mol. The smallest absolute Gasteiger partial charge is 0.229 e. The van der Waals surface area contributed by atoms with Crippen molar-refractivity contribution < 1.29 is 9.47 Å². The Balaban J connectivity index is 1.79. The summed E-state index contributed by atoms with van der Waals surface area (Å²) >= 11 is 3.54. The van der Waals surface area contributed by atoms with E-state index in [1.54, 1.807) is 6.20 Å². The second-order valence-corrected chi connectivity index (χ2v) is 8.61. The normalized spacial score (nSPS) is 29.4. The first-order chi connectivity index (χ1) is 12.9. The molecule has 0 unspecified atom stereocenters. The van der Waals surface area contributed by atoms with E-state index in [1.807, 2.05) is 0 Å². The number of aromatic nitrogens is 3. The summed E-state index contributed by atoms with van der Waals surface area (Å²) in [7, 11) is 0. The van der Waals surface area contributed by atoms with Crippen LogP contribution in [0.1, 0.15) is 27.7 Å². The molecule has 0 radical (unpaired) electrons. The summed E-state index contributed by atoms with van der Waals surface area (Å²) in [5.74, 6) is 1.65. The van der Waals surface area contributed by atoms with Gasteiger partial charge in [-0.1, -0.05) is 0 Å². The van der Waals surface area contributed by atoms with Crippen LogP contribution in [0.3, 0.4) is 0 Å². The molecule has 2 saturated heterocycles. The summed E-state index contributed by atoms with van der Waals surface area (Å²) in [4.78, 5) is 18.8. The van der Waals surface area contributed by atoms with Gasteiger partial charge in [-0.05, 0) is 49.7 Å². The Morgan fingerprint density at radius 1 is 0.889 bits per heavy atom. The van der Waals surface area contributed by atoms with Crippen LogP contribution < -0.4 is 9.80 Å². The average molecular weight is 436 g/mol. The zero-order valence-electron chi connectivity index (χ0n) is 16.2. The first-order valence-electron chi connectivity index (χ1n) is 9.53. The Morgan fingerprint density at radius 2 is 1.44 bits per heavy atom. The van der Waals surface area contributed by atoms with E-state index < -0.39 is 0 Å². The maximum atomic E-state index is 5.91. The zero-order chi connectivity index (χ0) is 19.1. The van der Waals surface area contributed by atoms with Gasteiger partial charge in [-0.3, -0.25) is 0 Å². The molecule has 2 fully saturated rings. The zero-order valence-corrected chi connectivity index (χ0v) is 17.8. The molecule has 4 rings (SSSR count). The van der Waals surface area contributed by atoms with E-state index in [0.717, 1.165) is 53.5 Å². The highest BCUT2D eigenvalue weighted by atomic mass is 79.9. The first-order valence-corrected chi connectivity index (χ1v) is 10.3. The van der Waals surface area contributed by atoms with Crippen molar-refractivity contribution >= 4 is 38.7 Å². The molecule has 0 aromatic carbocycles. The Morgan fingerprint density at radius 3 is 2.04 bits per heavy atom. The summed E-state index contributed by atoms with van der Waals surface area (Å²) in [5, 5.41) is 0.962. The lowest BCUT2D eigenvalue weighted by atomic mass is 10.2. The third-order valence-corrected chi connectivity index (χ3v) is 5.34. The van der Waals surface area contributed by atoms with Gasteiger partial charge in [0.1, 0.15) is 5.82 Å². The number of nitrogens with zero attached hydrogens (tertiary/aromatic N) is 5. The molecule has 0 spiro atoms. The van der Waals surface area contributed by atoms with Gasteiger partial charge in [0.15, 0.2) is 5.65 Å². The van der Waals surface area contributed by atoms with E-state index in [9.17, 15) is 0 Å². The van der Waals surface area contributed by atoms with E-state index in [-0.39, 0.29) is 24.4 Å². The number of rotatable bonds is 2. The molecule has 0 amide bonds. The van der Waals surface area contributed by atoms with Crippen molar-refractivity contribution in [2.75, 3.05) is 36.0 Å². The molecule has 7 nitrogen and oxygen atoms in total. The van der Waals surface area contributed by atoms with Crippen LogP contribution in [0.15, 0.2) is 16.7 Å². The van der Waals surface area contributed by atoms with Gasteiger partial charge in [0.05, 0.1) is 29.8 Å². The molecule has 2 aliphatic rings. The SMILES string of the molecule is C[C@@H]1CN(c2nc(N3C[C@@H](C)O[C@@H](C)C3)c3cc(Br)cnc3n2)C[C@H](C)O1. The fraction of sp³-hybridized carbons (Fsp3) is 0.632. The lowest BCUT2D eigenvalue weighted by Crippen LogP contribution is -2.47. The van der Waals surface area contributed by atoms with E-state index in [0.29, 0.717) is 0 Å². The highest BCUT2D eigenvalue weighted by molar-refractivity contribution is 9.10. The van der Waals surface area contributed by atoms with Crippen LogP contribution in [0.2, 0.25) is 0 Å². The third-order valence-electron chi connectivity index (χ3n) is 4.91. The molecule has 0 bridgehead atoms. The lowest BCUT2D eigenvalue weighted by Gasteiger charge is -2.38. The fourth-order valence-corrected chi connectivity index (χ4v) is 4.37. The second-order valence-electron chi connectivity index (χ2n) is 7.70. The predicted octanol–water partition coefficient (Wildman–Crippen LogP) is 3.01. The van der Waals surface area contributed by atoms with Gasteiger partial charge < -0.3 is 19.3 Å². The summed E-state index contributed by atoms with van der Waals surface area (Å²) < 4.78 is 12.7. The molecule has 4 heterocycles. The average Bonchev–Trinajstić information content (AvgIpc) is 2.59. The summed E-state index contributed by atoms with van der Waals surface area (Å²) in [6.07, 6.45) is 2.41. The first kappa shape index (κ1) is 18.8. The molecule has 2 aliphatic heterocycles. The van der Waals surface area contributed by atoms with Crippen LogP contribution in [0, 0.1) is 0 Å². The van der Waals surface area contributed by atoms with Crippen LogP contribution in [-0.2, 0) is 9.47 Å². The van der Waals surface area contributed by atoms with Gasteiger partial charge in [-0.15, -0.1) is 0 Å². The highest BCUT2D eigenvalue weighted by Gasteiger charge is 2.28. The maximum absolute atomic E-state index is 5.91. The van der Waals surface area contributed by atoms with Crippen molar-refractivity contribution in [1.29, 1.82) is 0 Å². The number of morpholine rings is 2. The molecule has 2 aromatic rings. The molecule has 27 heavy (non-hydrogen) atoms. The van der Waals surface area contributed by atoms with Crippen molar-refractivity contribution in [2.45, 2.75) is 52.1 Å². The molecule has 0 saturated carbocycles. The minimum absolute atomic E-state index is 0.151.